The normalized spacial score (nSPS) is 11.1. The van der Waals surface area contributed by atoms with E-state index in [-0.39, 0.29) is 5.97 Å². The monoisotopic (exact) mass is 337 g/mol. The molecule has 0 spiro atoms. The first-order chi connectivity index (χ1) is 12.2. The Kier molecular flexibility index (Phi) is 5.14. The topological polar surface area (TPSA) is 65.5 Å². The van der Waals surface area contributed by atoms with Gasteiger partial charge in [-0.05, 0) is 44.2 Å². The number of carbonyl (C=O) groups is 1. The number of hydrogen-bond donors (Lipinski definition) is 0. The van der Waals surface area contributed by atoms with Crippen LogP contribution in [0.25, 0.3) is 17.5 Å². The molecule has 0 amide bonds. The van der Waals surface area contributed by atoms with Gasteiger partial charge in [0.05, 0.1) is 18.7 Å². The lowest BCUT2D eigenvalue weighted by atomic mass is 10.2. The molecule has 0 saturated carbocycles. The van der Waals surface area contributed by atoms with Crippen molar-refractivity contribution in [1.29, 1.82) is 0 Å². The Morgan fingerprint density at radius 1 is 1.16 bits per heavy atom. The molecule has 5 nitrogen and oxygen atoms in total. The summed E-state index contributed by atoms with van der Waals surface area (Å²) in [5.41, 5.74) is 1.77. The molecule has 5 heteroatoms. The maximum Gasteiger partial charge on any atom is 0.330 e. The average Bonchev–Trinajstić information content (AvgIpc) is 3.21. The van der Waals surface area contributed by atoms with Gasteiger partial charge >= 0.3 is 5.97 Å². The van der Waals surface area contributed by atoms with Gasteiger partial charge in [0.2, 0.25) is 5.89 Å². The molecule has 0 fully saturated rings. The lowest BCUT2D eigenvalue weighted by molar-refractivity contribution is -0.137. The maximum absolute atomic E-state index is 11.3. The molecule has 0 N–H and O–H groups in total. The summed E-state index contributed by atoms with van der Waals surface area (Å²) in [6, 6.07) is 13.4. The number of oxazole rings is 1. The summed E-state index contributed by atoms with van der Waals surface area (Å²) in [5, 5.41) is 0. The Hall–Kier alpha value is -3.08. The van der Waals surface area contributed by atoms with Gasteiger partial charge in [-0.15, -0.1) is 0 Å². The predicted octanol–water partition coefficient (Wildman–Crippen LogP) is 4.41. The number of esters is 1. The Balaban J connectivity index is 1.71. The van der Waals surface area contributed by atoms with Gasteiger partial charge in [0.1, 0.15) is 17.3 Å². The van der Waals surface area contributed by atoms with Gasteiger partial charge in [0.25, 0.3) is 0 Å². The second kappa shape index (κ2) is 7.66. The minimum atomic E-state index is -0.389. The van der Waals surface area contributed by atoms with Gasteiger partial charge in [-0.3, -0.25) is 0 Å². The second-order valence-corrected chi connectivity index (χ2v) is 5.45. The largest absolute Gasteiger partial charge is 0.463 e. The van der Waals surface area contributed by atoms with E-state index in [4.69, 9.17) is 13.6 Å². The van der Waals surface area contributed by atoms with E-state index in [1.165, 1.54) is 6.08 Å². The molecular weight excluding hydrogens is 318 g/mol. The minimum absolute atomic E-state index is 0.349. The second-order valence-electron chi connectivity index (χ2n) is 5.45. The first-order valence-corrected chi connectivity index (χ1v) is 8.11. The molecule has 0 unspecified atom stereocenters. The summed E-state index contributed by atoms with van der Waals surface area (Å²) in [5.74, 6) is 2.31. The van der Waals surface area contributed by atoms with Crippen LogP contribution in [-0.4, -0.2) is 17.6 Å². The molecule has 0 bridgehead atoms. The Bertz CT molecular complexity index is 874. The highest BCUT2D eigenvalue weighted by Gasteiger charge is 2.13. The zero-order valence-electron chi connectivity index (χ0n) is 14.2. The van der Waals surface area contributed by atoms with Crippen molar-refractivity contribution < 1.29 is 18.4 Å². The number of carbonyl (C=O) groups excluding carboxylic acids is 1. The first kappa shape index (κ1) is 16.8. The van der Waals surface area contributed by atoms with Crippen molar-refractivity contribution in [3.63, 3.8) is 0 Å². The third-order valence-corrected chi connectivity index (χ3v) is 3.61. The van der Waals surface area contributed by atoms with Gasteiger partial charge in [0.15, 0.2) is 0 Å². The van der Waals surface area contributed by atoms with E-state index in [9.17, 15) is 4.79 Å². The summed E-state index contributed by atoms with van der Waals surface area (Å²) in [6.07, 6.45) is 3.46. The van der Waals surface area contributed by atoms with Crippen molar-refractivity contribution in [3.05, 3.63) is 71.5 Å². The van der Waals surface area contributed by atoms with Crippen LogP contribution in [0.3, 0.4) is 0 Å². The molecule has 0 aliphatic heterocycles. The number of nitrogens with zero attached hydrogens (tertiary/aromatic N) is 1. The highest BCUT2D eigenvalue weighted by Crippen LogP contribution is 2.23. The van der Waals surface area contributed by atoms with Crippen LogP contribution in [0.4, 0.5) is 0 Å². The third kappa shape index (κ3) is 4.26. The van der Waals surface area contributed by atoms with Crippen LogP contribution in [0, 0.1) is 6.92 Å². The smallest absolute Gasteiger partial charge is 0.330 e. The van der Waals surface area contributed by atoms with E-state index in [1.807, 2.05) is 43.3 Å². The third-order valence-electron chi connectivity index (χ3n) is 3.61. The van der Waals surface area contributed by atoms with E-state index in [2.05, 4.69) is 4.98 Å². The van der Waals surface area contributed by atoms with Crippen LogP contribution in [-0.2, 0) is 16.0 Å². The number of ether oxygens (including phenoxy) is 1. The molecule has 2 aromatic heterocycles. The number of aromatic nitrogens is 1. The van der Waals surface area contributed by atoms with Crippen LogP contribution < -0.4 is 0 Å². The average molecular weight is 337 g/mol. The molecule has 3 rings (SSSR count). The SMILES string of the molecule is CCOC(=O)/C=C/c1ccc(Cc2nc(-c3ccccc3)oc2C)o1. The molecule has 1 aromatic carbocycles. The first-order valence-electron chi connectivity index (χ1n) is 8.11. The molecule has 0 radical (unpaired) electrons. The van der Waals surface area contributed by atoms with E-state index in [1.54, 1.807) is 19.1 Å². The van der Waals surface area contributed by atoms with Crippen LogP contribution in [0.15, 0.2) is 57.4 Å². The number of benzene rings is 1. The molecule has 0 aliphatic rings. The fourth-order valence-electron chi connectivity index (χ4n) is 2.38. The Morgan fingerprint density at radius 3 is 2.72 bits per heavy atom. The molecule has 0 atom stereocenters. The lowest BCUT2D eigenvalue weighted by Gasteiger charge is -1.94. The van der Waals surface area contributed by atoms with Gasteiger partial charge in [-0.2, -0.15) is 0 Å². The number of aryl methyl sites for hydroxylation is 1. The summed E-state index contributed by atoms with van der Waals surface area (Å²) < 4.78 is 16.3. The number of rotatable bonds is 6. The van der Waals surface area contributed by atoms with Crippen LogP contribution in [0.5, 0.6) is 0 Å². The molecule has 3 aromatic rings. The molecule has 0 saturated heterocycles. The molecule has 2 heterocycles. The van der Waals surface area contributed by atoms with Crippen LogP contribution in [0.1, 0.15) is 29.9 Å². The van der Waals surface area contributed by atoms with Gasteiger partial charge in [-0.1, -0.05) is 18.2 Å². The number of hydrogen-bond acceptors (Lipinski definition) is 5. The van der Waals surface area contributed by atoms with Gasteiger partial charge < -0.3 is 13.6 Å². The van der Waals surface area contributed by atoms with Gasteiger partial charge in [-0.25, -0.2) is 9.78 Å². The van der Waals surface area contributed by atoms with Crippen LogP contribution >= 0.6 is 0 Å². The van der Waals surface area contributed by atoms with Crippen molar-refractivity contribution in [2.24, 2.45) is 0 Å². The highest BCUT2D eigenvalue weighted by molar-refractivity contribution is 5.86. The van der Waals surface area contributed by atoms with E-state index in [0.29, 0.717) is 24.7 Å². The van der Waals surface area contributed by atoms with Crippen molar-refractivity contribution >= 4 is 12.0 Å². The Morgan fingerprint density at radius 2 is 1.96 bits per heavy atom. The quantitative estimate of drug-likeness (QED) is 0.492. The van der Waals surface area contributed by atoms with Crippen molar-refractivity contribution in [1.82, 2.24) is 4.98 Å². The fraction of sp³-hybridized carbons (Fsp3) is 0.200. The minimum Gasteiger partial charge on any atom is -0.463 e. The summed E-state index contributed by atoms with van der Waals surface area (Å²) >= 11 is 0. The molecule has 128 valence electrons. The fourth-order valence-corrected chi connectivity index (χ4v) is 2.38. The molecule has 25 heavy (non-hydrogen) atoms. The van der Waals surface area contributed by atoms with E-state index >= 15 is 0 Å². The maximum atomic E-state index is 11.3. The standard InChI is InChI=1S/C20H19NO4/c1-3-23-19(22)12-11-16-9-10-17(25-16)13-18-14(2)24-20(21-18)15-7-5-4-6-8-15/h4-12H,3,13H2,1-2H3/b12-11+. The lowest BCUT2D eigenvalue weighted by Crippen LogP contribution is -1.98. The Labute approximate surface area is 145 Å². The highest BCUT2D eigenvalue weighted by atomic mass is 16.5. The molecular formula is C20H19NO4. The van der Waals surface area contributed by atoms with Crippen molar-refractivity contribution in [3.8, 4) is 11.5 Å². The number of furan rings is 1. The van der Waals surface area contributed by atoms with Crippen LogP contribution in [0.2, 0.25) is 0 Å². The zero-order valence-corrected chi connectivity index (χ0v) is 14.2. The van der Waals surface area contributed by atoms with E-state index in [0.717, 1.165) is 22.8 Å². The zero-order chi connectivity index (χ0) is 17.6. The van der Waals surface area contributed by atoms with Gasteiger partial charge in [0, 0.05) is 11.6 Å². The van der Waals surface area contributed by atoms with Crippen molar-refractivity contribution in [2.75, 3.05) is 6.61 Å². The summed E-state index contributed by atoms with van der Waals surface area (Å²) in [4.78, 5) is 15.9. The van der Waals surface area contributed by atoms with E-state index < -0.39 is 0 Å². The summed E-state index contributed by atoms with van der Waals surface area (Å²) in [6.45, 7) is 4.00. The predicted molar refractivity (Wildman–Crippen MR) is 93.9 cm³/mol. The van der Waals surface area contributed by atoms with Crippen molar-refractivity contribution in [2.45, 2.75) is 20.3 Å². The summed E-state index contributed by atoms with van der Waals surface area (Å²) in [7, 11) is 0. The molecule has 0 aliphatic carbocycles.